The maximum absolute atomic E-state index is 13.0. The van der Waals surface area contributed by atoms with Gasteiger partial charge in [0.25, 0.3) is 0 Å². The number of nitrogens with zero attached hydrogens (tertiary/aromatic N) is 2. The molecule has 1 aromatic heterocycles. The molecular weight excluding hydrogens is 324 g/mol. The molecule has 24 heavy (non-hydrogen) atoms. The molecule has 0 fully saturated rings. The van der Waals surface area contributed by atoms with Crippen LogP contribution in [0.25, 0.3) is 0 Å². The number of aryl methyl sites for hydroxylation is 2. The summed E-state index contributed by atoms with van der Waals surface area (Å²) in [6.45, 7) is 6.37. The Morgan fingerprint density at radius 2 is 1.79 bits per heavy atom. The molecule has 0 N–H and O–H groups in total. The fraction of sp³-hybridized carbons (Fsp3) is 0.389. The molecule has 5 nitrogen and oxygen atoms in total. The lowest BCUT2D eigenvalue weighted by atomic mass is 10.1. The van der Waals surface area contributed by atoms with Crippen LogP contribution in [0.15, 0.2) is 41.6 Å². The summed E-state index contributed by atoms with van der Waals surface area (Å²) < 4.78 is 32.8. The number of ether oxygens (including phenoxy) is 1. The minimum absolute atomic E-state index is 0.345. The van der Waals surface area contributed by atoms with Gasteiger partial charge in [0.1, 0.15) is 5.75 Å². The van der Waals surface area contributed by atoms with E-state index in [0.29, 0.717) is 35.7 Å². The zero-order valence-corrected chi connectivity index (χ0v) is 15.4. The number of rotatable bonds is 7. The summed E-state index contributed by atoms with van der Waals surface area (Å²) in [7, 11) is -1.95. The molecule has 2 aromatic rings. The Kier molecular flexibility index (Phi) is 5.96. The van der Waals surface area contributed by atoms with Gasteiger partial charge in [0.15, 0.2) is 0 Å². The molecule has 1 aromatic carbocycles. The van der Waals surface area contributed by atoms with Crippen LogP contribution in [0.1, 0.15) is 23.6 Å². The third kappa shape index (κ3) is 3.94. The number of hydrogen-bond acceptors (Lipinski definition) is 4. The van der Waals surface area contributed by atoms with Crippen molar-refractivity contribution < 1.29 is 13.2 Å². The molecule has 0 aliphatic carbocycles. The lowest BCUT2D eigenvalue weighted by molar-refractivity contribution is 0.410. The highest BCUT2D eigenvalue weighted by molar-refractivity contribution is 7.89. The number of aromatic nitrogens is 1. The molecule has 6 heteroatoms. The molecule has 0 radical (unpaired) electrons. The maximum Gasteiger partial charge on any atom is 0.243 e. The molecule has 0 saturated heterocycles. The standard InChI is InChI=1S/C18H24N2O3S/c1-5-20(11-8-16-6-9-19-10-7-16)24(21,22)18-13-14(2)17(23-4)12-15(18)3/h6-7,9-10,12-13H,5,8,11H2,1-4H3. The summed E-state index contributed by atoms with van der Waals surface area (Å²) in [4.78, 5) is 4.33. The van der Waals surface area contributed by atoms with Crippen LogP contribution in [0.3, 0.4) is 0 Å². The van der Waals surface area contributed by atoms with E-state index in [0.717, 1.165) is 11.1 Å². The topological polar surface area (TPSA) is 59.5 Å². The minimum Gasteiger partial charge on any atom is -0.496 e. The van der Waals surface area contributed by atoms with Gasteiger partial charge in [-0.15, -0.1) is 0 Å². The molecule has 0 unspecified atom stereocenters. The zero-order chi connectivity index (χ0) is 17.7. The number of benzene rings is 1. The Morgan fingerprint density at radius 1 is 1.12 bits per heavy atom. The van der Waals surface area contributed by atoms with Gasteiger partial charge in [0, 0.05) is 25.5 Å². The van der Waals surface area contributed by atoms with Gasteiger partial charge in [-0.2, -0.15) is 4.31 Å². The van der Waals surface area contributed by atoms with Gasteiger partial charge in [-0.05, 0) is 61.2 Å². The maximum atomic E-state index is 13.0. The van der Waals surface area contributed by atoms with Crippen LogP contribution in [-0.2, 0) is 16.4 Å². The summed E-state index contributed by atoms with van der Waals surface area (Å²) >= 11 is 0. The van der Waals surface area contributed by atoms with Gasteiger partial charge < -0.3 is 4.74 Å². The van der Waals surface area contributed by atoms with Crippen LogP contribution in [-0.4, -0.2) is 37.9 Å². The number of hydrogen-bond donors (Lipinski definition) is 0. The zero-order valence-electron chi connectivity index (χ0n) is 14.6. The van der Waals surface area contributed by atoms with Crippen molar-refractivity contribution >= 4 is 10.0 Å². The van der Waals surface area contributed by atoms with E-state index in [1.807, 2.05) is 26.0 Å². The highest BCUT2D eigenvalue weighted by Crippen LogP contribution is 2.27. The summed E-state index contributed by atoms with van der Waals surface area (Å²) in [5.74, 6) is 0.700. The summed E-state index contributed by atoms with van der Waals surface area (Å²) in [5.41, 5.74) is 2.58. The van der Waals surface area contributed by atoms with Crippen molar-refractivity contribution in [1.82, 2.24) is 9.29 Å². The molecule has 0 aliphatic heterocycles. The third-order valence-corrected chi connectivity index (χ3v) is 6.18. The lowest BCUT2D eigenvalue weighted by Gasteiger charge is -2.22. The van der Waals surface area contributed by atoms with Crippen LogP contribution >= 0.6 is 0 Å². The highest BCUT2D eigenvalue weighted by Gasteiger charge is 2.25. The van der Waals surface area contributed by atoms with E-state index in [9.17, 15) is 8.42 Å². The quantitative estimate of drug-likeness (QED) is 0.772. The molecule has 0 amide bonds. The SMILES string of the molecule is CCN(CCc1ccncc1)S(=O)(=O)c1cc(C)c(OC)cc1C. The van der Waals surface area contributed by atoms with E-state index in [1.54, 1.807) is 38.6 Å². The Balaban J connectivity index is 2.28. The Bertz CT molecular complexity index is 789. The van der Waals surface area contributed by atoms with Crippen molar-refractivity contribution in [2.75, 3.05) is 20.2 Å². The first kappa shape index (κ1) is 18.4. The second kappa shape index (κ2) is 7.77. The highest BCUT2D eigenvalue weighted by atomic mass is 32.2. The largest absolute Gasteiger partial charge is 0.496 e. The number of sulfonamides is 1. The van der Waals surface area contributed by atoms with E-state index in [4.69, 9.17) is 4.74 Å². The van der Waals surface area contributed by atoms with Gasteiger partial charge in [-0.1, -0.05) is 6.92 Å². The predicted molar refractivity (Wildman–Crippen MR) is 94.8 cm³/mol. The van der Waals surface area contributed by atoms with E-state index in [2.05, 4.69) is 4.98 Å². The monoisotopic (exact) mass is 348 g/mol. The molecule has 2 rings (SSSR count). The van der Waals surface area contributed by atoms with Crippen LogP contribution in [0.2, 0.25) is 0 Å². The average molecular weight is 348 g/mol. The van der Waals surface area contributed by atoms with Crippen molar-refractivity contribution in [3.05, 3.63) is 53.3 Å². The first-order valence-corrected chi connectivity index (χ1v) is 9.38. The van der Waals surface area contributed by atoms with Gasteiger partial charge in [-0.3, -0.25) is 4.98 Å². The van der Waals surface area contributed by atoms with Gasteiger partial charge >= 0.3 is 0 Å². The van der Waals surface area contributed by atoms with Crippen LogP contribution < -0.4 is 4.74 Å². The van der Waals surface area contributed by atoms with Gasteiger partial charge in [0.05, 0.1) is 12.0 Å². The Labute approximate surface area is 144 Å². The number of likely N-dealkylation sites (N-methyl/N-ethyl adjacent to an activating group) is 1. The van der Waals surface area contributed by atoms with Crippen molar-refractivity contribution in [1.29, 1.82) is 0 Å². The minimum atomic E-state index is -3.54. The molecule has 0 aliphatic rings. The molecule has 0 atom stereocenters. The lowest BCUT2D eigenvalue weighted by Crippen LogP contribution is -2.33. The second-order valence-electron chi connectivity index (χ2n) is 5.69. The summed E-state index contributed by atoms with van der Waals surface area (Å²) in [6, 6.07) is 7.28. The third-order valence-electron chi connectivity index (χ3n) is 4.06. The van der Waals surface area contributed by atoms with Crippen molar-refractivity contribution in [3.63, 3.8) is 0 Å². The summed E-state index contributed by atoms with van der Waals surface area (Å²) in [6.07, 6.45) is 4.10. The molecule has 0 bridgehead atoms. The van der Waals surface area contributed by atoms with Crippen molar-refractivity contribution in [2.45, 2.75) is 32.1 Å². The van der Waals surface area contributed by atoms with E-state index >= 15 is 0 Å². The first-order valence-electron chi connectivity index (χ1n) is 7.94. The number of pyridine rings is 1. The van der Waals surface area contributed by atoms with Gasteiger partial charge in [0.2, 0.25) is 10.0 Å². The summed E-state index contributed by atoms with van der Waals surface area (Å²) in [5, 5.41) is 0. The second-order valence-corrected chi connectivity index (χ2v) is 7.60. The van der Waals surface area contributed by atoms with E-state index in [1.165, 1.54) is 4.31 Å². The molecule has 0 saturated carbocycles. The number of methoxy groups -OCH3 is 1. The van der Waals surface area contributed by atoms with Gasteiger partial charge in [-0.25, -0.2) is 8.42 Å². The smallest absolute Gasteiger partial charge is 0.243 e. The first-order chi connectivity index (χ1) is 11.4. The normalized spacial score (nSPS) is 11.7. The average Bonchev–Trinajstić information content (AvgIpc) is 2.57. The predicted octanol–water partition coefficient (Wildman–Crippen LogP) is 2.96. The van der Waals surface area contributed by atoms with Crippen LogP contribution in [0.5, 0.6) is 5.75 Å². The van der Waals surface area contributed by atoms with E-state index in [-0.39, 0.29) is 0 Å². The van der Waals surface area contributed by atoms with Crippen LogP contribution in [0, 0.1) is 13.8 Å². The van der Waals surface area contributed by atoms with Crippen molar-refractivity contribution in [2.24, 2.45) is 0 Å². The van der Waals surface area contributed by atoms with E-state index < -0.39 is 10.0 Å². The van der Waals surface area contributed by atoms with Crippen molar-refractivity contribution in [3.8, 4) is 5.75 Å². The molecule has 1 heterocycles. The fourth-order valence-electron chi connectivity index (χ4n) is 2.65. The fourth-order valence-corrected chi connectivity index (χ4v) is 4.39. The Hall–Kier alpha value is -1.92. The Morgan fingerprint density at radius 3 is 2.38 bits per heavy atom. The molecule has 130 valence electrons. The molecular formula is C18H24N2O3S. The molecule has 0 spiro atoms. The van der Waals surface area contributed by atoms with Crippen LogP contribution in [0.4, 0.5) is 0 Å².